The molecule has 0 amide bonds. The Balaban J connectivity index is 5.98. The summed E-state index contributed by atoms with van der Waals surface area (Å²) in [5.41, 5.74) is 0. The molecule has 0 aromatic rings. The summed E-state index contributed by atoms with van der Waals surface area (Å²) >= 11 is -12.0. The fourth-order valence-electron chi connectivity index (χ4n) is 2.36. The molecule has 0 heterocycles. The van der Waals surface area contributed by atoms with E-state index in [-0.39, 0.29) is 0 Å². The maximum atomic E-state index is 15.3. The van der Waals surface area contributed by atoms with Crippen molar-refractivity contribution in [2.75, 3.05) is 0 Å². The molecule has 19 heavy (non-hydrogen) atoms. The second-order valence-electron chi connectivity index (χ2n) is 6.93. The van der Waals surface area contributed by atoms with Gasteiger partial charge in [0.25, 0.3) is 0 Å². The topological polar surface area (TPSA) is 0 Å². The van der Waals surface area contributed by atoms with Crippen LogP contribution >= 0.6 is 0 Å². The average molecular weight is 412 g/mol. The van der Waals surface area contributed by atoms with E-state index in [4.69, 9.17) is 0 Å². The van der Waals surface area contributed by atoms with Gasteiger partial charge in [-0.2, -0.15) is 0 Å². The van der Waals surface area contributed by atoms with E-state index in [1.54, 1.807) is 0 Å². The number of hydrogen-bond acceptors (Lipinski definition) is 0. The summed E-state index contributed by atoms with van der Waals surface area (Å²) in [4.78, 5) is 0. The molecule has 0 saturated carbocycles. The van der Waals surface area contributed by atoms with Crippen LogP contribution < -0.4 is 0 Å². The van der Waals surface area contributed by atoms with Crippen molar-refractivity contribution in [2.45, 2.75) is 78.2 Å². The van der Waals surface area contributed by atoms with Gasteiger partial charge in [-0.1, -0.05) is 0 Å². The van der Waals surface area contributed by atoms with E-state index < -0.39 is 49.6 Å². The summed E-state index contributed by atoms with van der Waals surface area (Å²) in [6.07, 6.45) is 0. The summed E-state index contributed by atoms with van der Waals surface area (Å²) in [7, 11) is 0. The van der Waals surface area contributed by atoms with E-state index >= 15 is 13.9 Å². The molecule has 0 aromatic carbocycles. The predicted octanol–water partition coefficient (Wildman–Crippen LogP) is 6.84. The first kappa shape index (κ1) is 19.8. The quantitative estimate of drug-likeness (QED) is 0.331. The molecule has 0 aliphatic carbocycles. The van der Waals surface area contributed by atoms with Crippen molar-refractivity contribution in [3.63, 3.8) is 0 Å². The maximum absolute atomic E-state index is 15.3. The van der Waals surface area contributed by atoms with Crippen LogP contribution in [-0.2, 0) is 0 Å². The zero-order chi connectivity index (χ0) is 15.9. The van der Waals surface area contributed by atoms with Crippen LogP contribution in [0.5, 0.6) is 0 Å². The van der Waals surface area contributed by atoms with E-state index in [9.17, 15) is 0 Å². The van der Waals surface area contributed by atoms with E-state index in [1.165, 1.54) is 55.4 Å². The second kappa shape index (κ2) is 5.23. The summed E-state index contributed by atoms with van der Waals surface area (Å²) in [5.74, 6) is 0. The third kappa shape index (κ3) is 3.20. The molecule has 120 valence electrons. The molecule has 0 fully saturated rings. The van der Waals surface area contributed by atoms with Crippen LogP contribution in [-0.4, -0.2) is 26.8 Å². The Morgan fingerprint density at radius 1 is 0.526 bits per heavy atom. The van der Waals surface area contributed by atoms with Crippen LogP contribution in [0.2, 0.25) is 22.8 Å². The van der Waals surface area contributed by atoms with E-state index in [0.717, 1.165) is 0 Å². The van der Waals surface area contributed by atoms with Gasteiger partial charge in [0.15, 0.2) is 0 Å². The van der Waals surface area contributed by atoms with Crippen LogP contribution in [0.3, 0.4) is 0 Å². The third-order valence-corrected chi connectivity index (χ3v) is 36.5. The standard InChI is InChI=1S/C13H30As2F4/c1-10(2)14(16,17,11(3)4)9-15(18,19,12(5)6)13(7)8/h10-13H,9H2,1-8H3. The molecule has 0 rings (SSSR count). The molecule has 0 saturated heterocycles. The van der Waals surface area contributed by atoms with Gasteiger partial charge in [-0.05, 0) is 0 Å². The van der Waals surface area contributed by atoms with E-state index in [1.807, 2.05) is 0 Å². The van der Waals surface area contributed by atoms with Crippen LogP contribution in [0.25, 0.3) is 0 Å². The molecule has 0 unspecified atom stereocenters. The van der Waals surface area contributed by atoms with Gasteiger partial charge in [0, 0.05) is 0 Å². The van der Waals surface area contributed by atoms with Gasteiger partial charge in [0.1, 0.15) is 0 Å². The molecule has 6 heteroatoms. The van der Waals surface area contributed by atoms with Crippen molar-refractivity contribution in [3.8, 4) is 0 Å². The summed E-state index contributed by atoms with van der Waals surface area (Å²) in [5, 5.41) is 0. The Morgan fingerprint density at radius 2 is 0.684 bits per heavy atom. The Morgan fingerprint density at radius 3 is 0.789 bits per heavy atom. The van der Waals surface area contributed by atoms with Gasteiger partial charge < -0.3 is 0 Å². The minimum absolute atomic E-state index is 0.915. The fourth-order valence-corrected chi connectivity index (χ4v) is 37.8. The molecule has 0 aromatic heterocycles. The molecular formula is C13H30As2F4. The Kier molecular flexibility index (Phi) is 5.46. The number of hydrogen-bond donors (Lipinski definition) is 0. The van der Waals surface area contributed by atoms with Gasteiger partial charge in [-0.3, -0.25) is 0 Å². The fraction of sp³-hybridized carbons (Fsp3) is 1.00. The molecular weight excluding hydrogens is 382 g/mol. The molecule has 0 radical (unpaired) electrons. The van der Waals surface area contributed by atoms with Gasteiger partial charge in [-0.25, -0.2) is 0 Å². The van der Waals surface area contributed by atoms with Crippen molar-refractivity contribution in [3.05, 3.63) is 0 Å². The van der Waals surface area contributed by atoms with Crippen molar-refractivity contribution >= 4 is 26.8 Å². The average Bonchev–Trinajstić information content (AvgIpc) is 2.15. The van der Waals surface area contributed by atoms with Crippen LogP contribution in [0, 0.1) is 0 Å². The Hall–Kier alpha value is 0.837. The molecule has 0 nitrogen and oxygen atoms in total. The monoisotopic (exact) mass is 412 g/mol. The molecule has 0 spiro atoms. The van der Waals surface area contributed by atoms with Crippen LogP contribution in [0.15, 0.2) is 0 Å². The summed E-state index contributed by atoms with van der Waals surface area (Å²) in [6, 6.07) is 0. The molecule has 0 aliphatic rings. The van der Waals surface area contributed by atoms with Crippen LogP contribution in [0.4, 0.5) is 13.9 Å². The predicted molar refractivity (Wildman–Crippen MR) is 81.1 cm³/mol. The van der Waals surface area contributed by atoms with Crippen molar-refractivity contribution in [1.82, 2.24) is 0 Å². The van der Waals surface area contributed by atoms with Crippen molar-refractivity contribution < 1.29 is 13.9 Å². The first-order chi connectivity index (χ1) is 8.07. The van der Waals surface area contributed by atoms with Crippen molar-refractivity contribution in [2.24, 2.45) is 0 Å². The first-order valence-corrected chi connectivity index (χ1v) is 16.8. The third-order valence-electron chi connectivity index (χ3n) is 4.76. The Bertz CT molecular complexity index is 280. The van der Waals surface area contributed by atoms with Gasteiger partial charge in [0.05, 0.1) is 0 Å². The van der Waals surface area contributed by atoms with Gasteiger partial charge in [-0.15, -0.1) is 0 Å². The SMILES string of the molecule is CC(C)[As](F)(F)(C[As](F)(F)(C(C)C)C(C)C)C(C)C. The van der Waals surface area contributed by atoms with E-state index in [0.29, 0.717) is 0 Å². The van der Waals surface area contributed by atoms with Crippen molar-refractivity contribution in [1.29, 1.82) is 0 Å². The molecule has 0 aliphatic heterocycles. The molecule has 0 atom stereocenters. The number of halogens is 4. The van der Waals surface area contributed by atoms with Crippen LogP contribution in [0.1, 0.15) is 55.4 Å². The summed E-state index contributed by atoms with van der Waals surface area (Å²) < 4.78 is 56.4. The summed E-state index contributed by atoms with van der Waals surface area (Å²) in [6.45, 7) is 11.4. The second-order valence-corrected chi connectivity index (χ2v) is 29.4. The Labute approximate surface area is 119 Å². The zero-order valence-corrected chi connectivity index (χ0v) is 17.2. The first-order valence-electron chi connectivity index (χ1n) is 6.96. The van der Waals surface area contributed by atoms with Gasteiger partial charge in [0.2, 0.25) is 0 Å². The minimum atomic E-state index is -6.02. The van der Waals surface area contributed by atoms with E-state index in [2.05, 4.69) is 0 Å². The molecule has 0 N–H and O–H groups in total. The number of rotatable bonds is 6. The van der Waals surface area contributed by atoms with Gasteiger partial charge >= 0.3 is 119 Å². The molecule has 0 bridgehead atoms. The zero-order valence-electron chi connectivity index (χ0n) is 13.4. The normalized spacial score (nSPS) is 18.7.